The highest BCUT2D eigenvalue weighted by molar-refractivity contribution is 8.01. The lowest BCUT2D eigenvalue weighted by molar-refractivity contribution is -0.114. The Hall–Kier alpha value is -3.98. The van der Waals surface area contributed by atoms with Crippen LogP contribution in [0.2, 0.25) is 0 Å². The number of ether oxygens (including phenoxy) is 2. The molecule has 10 nitrogen and oxygen atoms in total. The quantitative estimate of drug-likeness (QED) is 0.137. The van der Waals surface area contributed by atoms with Crippen LogP contribution < -0.4 is 20.1 Å². The highest BCUT2D eigenvalue weighted by Gasteiger charge is 2.09. The third-order valence-electron chi connectivity index (χ3n) is 5.22. The summed E-state index contributed by atoms with van der Waals surface area (Å²) in [7, 11) is 0. The molecule has 0 fully saturated rings. The van der Waals surface area contributed by atoms with Gasteiger partial charge >= 0.3 is 0 Å². The van der Waals surface area contributed by atoms with Gasteiger partial charge in [-0.2, -0.15) is 0 Å². The molecule has 0 aliphatic carbocycles. The highest BCUT2D eigenvalue weighted by atomic mass is 32.2. The van der Waals surface area contributed by atoms with Gasteiger partial charge in [0.05, 0.1) is 11.5 Å². The zero-order valence-corrected chi connectivity index (χ0v) is 25.7. The average Bonchev–Trinajstić information content (AvgIpc) is 3.60. The third-order valence-corrected chi connectivity index (χ3v) is 9.17. The molecule has 2 amide bonds. The van der Waals surface area contributed by atoms with Gasteiger partial charge in [-0.3, -0.25) is 9.59 Å². The lowest BCUT2D eigenvalue weighted by Crippen LogP contribution is -2.13. The summed E-state index contributed by atoms with van der Waals surface area (Å²) < 4.78 is 13.5. The van der Waals surface area contributed by atoms with Crippen LogP contribution in [0, 0.1) is 13.8 Å². The highest BCUT2D eigenvalue weighted by Crippen LogP contribution is 2.30. The van der Waals surface area contributed by atoms with Crippen molar-refractivity contribution in [2.24, 2.45) is 0 Å². The SMILES string of the molecule is Cc1nnc(SCC(=O)Nc2ccc(Oc3cccc(Oc4ccc(NC(=O)CSc5nnc(C)s5)cc4)c3)cc2)s1. The van der Waals surface area contributed by atoms with Gasteiger partial charge in [-0.1, -0.05) is 52.3 Å². The van der Waals surface area contributed by atoms with Crippen LogP contribution in [0.3, 0.4) is 0 Å². The third kappa shape index (κ3) is 9.01. The lowest BCUT2D eigenvalue weighted by atomic mass is 10.2. The minimum Gasteiger partial charge on any atom is -0.457 e. The summed E-state index contributed by atoms with van der Waals surface area (Å²) in [6.07, 6.45) is 0. The fraction of sp³-hybridized carbons (Fsp3) is 0.143. The van der Waals surface area contributed by atoms with E-state index < -0.39 is 0 Å². The molecule has 42 heavy (non-hydrogen) atoms. The van der Waals surface area contributed by atoms with Gasteiger partial charge in [-0.05, 0) is 74.5 Å². The fourth-order valence-corrected chi connectivity index (χ4v) is 6.64. The predicted molar refractivity (Wildman–Crippen MR) is 167 cm³/mol. The van der Waals surface area contributed by atoms with Gasteiger partial charge in [0.15, 0.2) is 8.68 Å². The van der Waals surface area contributed by atoms with E-state index in [4.69, 9.17) is 9.47 Å². The maximum atomic E-state index is 12.3. The van der Waals surface area contributed by atoms with Crippen molar-refractivity contribution in [2.45, 2.75) is 22.5 Å². The summed E-state index contributed by atoms with van der Waals surface area (Å²) in [6, 6.07) is 21.5. The lowest BCUT2D eigenvalue weighted by Gasteiger charge is -2.11. The van der Waals surface area contributed by atoms with Crippen molar-refractivity contribution in [1.82, 2.24) is 20.4 Å². The molecular weight excluding hydrogens is 613 g/mol. The Morgan fingerprint density at radius 2 is 1.07 bits per heavy atom. The Balaban J connectivity index is 1.08. The summed E-state index contributed by atoms with van der Waals surface area (Å²) in [6.45, 7) is 3.76. The molecule has 5 aromatic rings. The molecule has 0 aliphatic heterocycles. The number of thioether (sulfide) groups is 2. The van der Waals surface area contributed by atoms with E-state index in [2.05, 4.69) is 31.0 Å². The van der Waals surface area contributed by atoms with Gasteiger partial charge in [0.2, 0.25) is 11.8 Å². The average molecular weight is 637 g/mol. The molecule has 0 bridgehead atoms. The number of rotatable bonds is 12. The number of aryl methyl sites for hydroxylation is 2. The van der Waals surface area contributed by atoms with Gasteiger partial charge in [-0.15, -0.1) is 20.4 Å². The van der Waals surface area contributed by atoms with E-state index in [1.54, 1.807) is 54.6 Å². The number of anilines is 2. The molecule has 0 radical (unpaired) electrons. The first-order valence-electron chi connectivity index (χ1n) is 12.5. The standard InChI is InChI=1S/C28H24N6O4S4/c1-17-31-33-27(41-17)39-15-25(35)29-19-6-10-21(11-7-19)37-23-4-3-5-24(14-23)38-22-12-8-20(9-13-22)30-26(36)16-40-28-34-32-18(2)42-28/h3-14H,15-16H2,1-2H3,(H,29,35)(H,30,36). The molecule has 3 aromatic carbocycles. The van der Waals surface area contributed by atoms with E-state index >= 15 is 0 Å². The molecule has 0 unspecified atom stereocenters. The van der Waals surface area contributed by atoms with Crippen molar-refractivity contribution in [3.05, 3.63) is 82.8 Å². The van der Waals surface area contributed by atoms with Crippen molar-refractivity contribution in [3.63, 3.8) is 0 Å². The van der Waals surface area contributed by atoms with Crippen LogP contribution >= 0.6 is 46.2 Å². The molecule has 14 heteroatoms. The van der Waals surface area contributed by atoms with Crippen molar-refractivity contribution < 1.29 is 19.1 Å². The number of carbonyl (C=O) groups is 2. The molecule has 0 saturated carbocycles. The summed E-state index contributed by atoms with van der Waals surface area (Å²) >= 11 is 5.63. The van der Waals surface area contributed by atoms with E-state index in [0.717, 1.165) is 18.7 Å². The minimum atomic E-state index is -0.125. The number of hydrogen-bond donors (Lipinski definition) is 2. The predicted octanol–water partition coefficient (Wildman–Crippen LogP) is 7.05. The van der Waals surface area contributed by atoms with Crippen molar-refractivity contribution in [1.29, 1.82) is 0 Å². The fourth-order valence-electron chi connectivity index (χ4n) is 3.41. The van der Waals surface area contributed by atoms with Gasteiger partial charge in [0.25, 0.3) is 0 Å². The van der Waals surface area contributed by atoms with Crippen LogP contribution in [-0.4, -0.2) is 43.7 Å². The van der Waals surface area contributed by atoms with Crippen LogP contribution in [0.5, 0.6) is 23.0 Å². The zero-order valence-electron chi connectivity index (χ0n) is 22.4. The summed E-state index contributed by atoms with van der Waals surface area (Å²) in [5, 5.41) is 23.4. The Labute approximate surface area is 258 Å². The molecule has 2 heterocycles. The van der Waals surface area contributed by atoms with Gasteiger partial charge in [0.1, 0.15) is 33.0 Å². The maximum absolute atomic E-state index is 12.3. The topological polar surface area (TPSA) is 128 Å². The maximum Gasteiger partial charge on any atom is 0.234 e. The smallest absolute Gasteiger partial charge is 0.234 e. The van der Waals surface area contributed by atoms with Crippen LogP contribution in [0.1, 0.15) is 10.0 Å². The molecule has 5 rings (SSSR count). The summed E-state index contributed by atoms with van der Waals surface area (Å²) in [4.78, 5) is 24.5. The summed E-state index contributed by atoms with van der Waals surface area (Å²) in [5.41, 5.74) is 1.34. The normalized spacial score (nSPS) is 10.7. The second-order valence-corrected chi connectivity index (χ2v) is 13.4. The molecule has 2 N–H and O–H groups in total. The van der Waals surface area contributed by atoms with E-state index in [9.17, 15) is 9.59 Å². The van der Waals surface area contributed by atoms with E-state index in [1.165, 1.54) is 46.2 Å². The first-order valence-corrected chi connectivity index (χ1v) is 16.1. The van der Waals surface area contributed by atoms with Crippen LogP contribution in [-0.2, 0) is 9.59 Å². The zero-order chi connectivity index (χ0) is 29.3. The van der Waals surface area contributed by atoms with Crippen molar-refractivity contribution in [2.75, 3.05) is 22.1 Å². The largest absolute Gasteiger partial charge is 0.457 e. The monoisotopic (exact) mass is 636 g/mol. The number of hydrogen-bond acceptors (Lipinski definition) is 12. The Bertz CT molecular complexity index is 1540. The second-order valence-electron chi connectivity index (χ2n) is 8.58. The van der Waals surface area contributed by atoms with E-state index in [1.807, 2.05) is 32.0 Å². The molecule has 0 atom stereocenters. The van der Waals surface area contributed by atoms with Gasteiger partial charge in [0, 0.05) is 17.4 Å². The summed E-state index contributed by atoms with van der Waals surface area (Å²) in [5.74, 6) is 2.68. The molecule has 0 aliphatic rings. The number of aromatic nitrogens is 4. The van der Waals surface area contributed by atoms with Gasteiger partial charge in [-0.25, -0.2) is 0 Å². The Morgan fingerprint density at radius 1 is 0.643 bits per heavy atom. The molecule has 0 spiro atoms. The first kappa shape index (κ1) is 29.5. The van der Waals surface area contributed by atoms with Crippen LogP contribution in [0.25, 0.3) is 0 Å². The van der Waals surface area contributed by atoms with Crippen molar-refractivity contribution in [3.8, 4) is 23.0 Å². The minimum absolute atomic E-state index is 0.125. The van der Waals surface area contributed by atoms with Crippen molar-refractivity contribution >= 4 is 69.4 Å². The number of nitrogens with one attached hydrogen (secondary N) is 2. The molecule has 214 valence electrons. The van der Waals surface area contributed by atoms with E-state index in [0.29, 0.717) is 34.4 Å². The van der Waals surface area contributed by atoms with Crippen LogP contribution in [0.15, 0.2) is 81.5 Å². The Kier molecular flexibility index (Phi) is 10.0. The second kappa shape index (κ2) is 14.3. The number of amides is 2. The number of nitrogens with zero attached hydrogens (tertiary/aromatic N) is 4. The molecule has 0 saturated heterocycles. The molecule has 2 aromatic heterocycles. The van der Waals surface area contributed by atoms with Gasteiger partial charge < -0.3 is 20.1 Å². The number of benzene rings is 3. The number of carbonyl (C=O) groups excluding carboxylic acids is 2. The first-order chi connectivity index (χ1) is 20.4. The molecular formula is C28H24N6O4S4. The Morgan fingerprint density at radius 3 is 1.45 bits per heavy atom. The van der Waals surface area contributed by atoms with E-state index in [-0.39, 0.29) is 23.3 Å². The van der Waals surface area contributed by atoms with Crippen LogP contribution in [0.4, 0.5) is 11.4 Å².